The Morgan fingerprint density at radius 3 is 2.68 bits per heavy atom. The second-order valence-corrected chi connectivity index (χ2v) is 5.32. The molecular weight excluding hydrogens is 252 g/mol. The lowest BCUT2D eigenvalue weighted by atomic mass is 9.93. The molecule has 1 rings (SSSR count). The standard InChI is InChI=1S/C16H28N2S/c1-5-9-13(6-2)15(7-3)16(8-4)18-11-10-14(12-18)17-19/h5,7,9,14,16-17,19H,1,6,8,10-12H2,2-4H3/b13-9-,15-7+. The van der Waals surface area contributed by atoms with Crippen LogP contribution in [0.4, 0.5) is 0 Å². The number of nitrogens with one attached hydrogen (secondary N) is 1. The van der Waals surface area contributed by atoms with Crippen LogP contribution >= 0.6 is 12.8 Å². The van der Waals surface area contributed by atoms with Gasteiger partial charge in [-0.05, 0) is 37.3 Å². The van der Waals surface area contributed by atoms with Crippen molar-refractivity contribution in [3.8, 4) is 0 Å². The van der Waals surface area contributed by atoms with E-state index in [2.05, 4.69) is 61.9 Å². The van der Waals surface area contributed by atoms with E-state index in [1.54, 1.807) is 0 Å². The number of nitrogens with zero attached hydrogens (tertiary/aromatic N) is 1. The number of allylic oxidation sites excluding steroid dienone is 3. The molecule has 2 nitrogen and oxygen atoms in total. The molecule has 19 heavy (non-hydrogen) atoms. The van der Waals surface area contributed by atoms with Gasteiger partial charge in [0.05, 0.1) is 0 Å². The van der Waals surface area contributed by atoms with Gasteiger partial charge in [-0.1, -0.05) is 51.5 Å². The third kappa shape index (κ3) is 4.23. The molecule has 0 saturated carbocycles. The summed E-state index contributed by atoms with van der Waals surface area (Å²) in [6.07, 6.45) is 9.72. The molecule has 1 aliphatic heterocycles. The van der Waals surface area contributed by atoms with Crippen molar-refractivity contribution in [1.29, 1.82) is 0 Å². The van der Waals surface area contributed by atoms with Gasteiger partial charge in [0, 0.05) is 25.2 Å². The third-order valence-corrected chi connectivity index (χ3v) is 4.34. The number of rotatable bonds is 7. The van der Waals surface area contributed by atoms with E-state index in [0.717, 1.165) is 25.9 Å². The normalized spacial score (nSPS) is 23.7. The van der Waals surface area contributed by atoms with Gasteiger partial charge in [0.2, 0.25) is 0 Å². The smallest absolute Gasteiger partial charge is 0.0345 e. The van der Waals surface area contributed by atoms with Crippen LogP contribution in [0.1, 0.15) is 40.0 Å². The highest BCUT2D eigenvalue weighted by Crippen LogP contribution is 2.27. The van der Waals surface area contributed by atoms with Gasteiger partial charge in [-0.3, -0.25) is 9.62 Å². The summed E-state index contributed by atoms with van der Waals surface area (Å²) in [5, 5.41) is 0. The Morgan fingerprint density at radius 2 is 2.26 bits per heavy atom. The van der Waals surface area contributed by atoms with Crippen molar-refractivity contribution in [2.24, 2.45) is 0 Å². The van der Waals surface area contributed by atoms with Crippen LogP contribution in [0.3, 0.4) is 0 Å². The lowest BCUT2D eigenvalue weighted by molar-refractivity contribution is 0.264. The molecular formula is C16H28N2S. The van der Waals surface area contributed by atoms with E-state index in [1.165, 1.54) is 17.6 Å². The molecule has 3 heteroatoms. The van der Waals surface area contributed by atoms with E-state index in [-0.39, 0.29) is 0 Å². The Kier molecular flexibility index (Phi) is 7.51. The Bertz CT molecular complexity index is 347. The first-order chi connectivity index (χ1) is 9.21. The van der Waals surface area contributed by atoms with E-state index in [9.17, 15) is 0 Å². The van der Waals surface area contributed by atoms with Gasteiger partial charge in [0.25, 0.3) is 0 Å². The summed E-state index contributed by atoms with van der Waals surface area (Å²) in [5.74, 6) is 0. The quantitative estimate of drug-likeness (QED) is 0.545. The van der Waals surface area contributed by atoms with Crippen LogP contribution in [0.15, 0.2) is 36.0 Å². The molecule has 0 bridgehead atoms. The molecule has 0 aromatic heterocycles. The SMILES string of the molecule is C=C/C=C(CC)\C(=C/C)C(CC)N1CCC(NS)C1. The molecule has 1 heterocycles. The van der Waals surface area contributed by atoms with E-state index >= 15 is 0 Å². The Labute approximate surface area is 124 Å². The van der Waals surface area contributed by atoms with Crippen LogP contribution in [0, 0.1) is 0 Å². The highest BCUT2D eigenvalue weighted by Gasteiger charge is 2.29. The molecule has 2 atom stereocenters. The zero-order chi connectivity index (χ0) is 14.3. The Hall–Kier alpha value is -0.510. The minimum atomic E-state index is 0.517. The van der Waals surface area contributed by atoms with Gasteiger partial charge in [-0.2, -0.15) is 0 Å². The van der Waals surface area contributed by atoms with Gasteiger partial charge in [-0.25, -0.2) is 0 Å². The van der Waals surface area contributed by atoms with Crippen molar-refractivity contribution >= 4 is 12.8 Å². The lowest BCUT2D eigenvalue weighted by Crippen LogP contribution is -2.37. The number of likely N-dealkylation sites (tertiary alicyclic amines) is 1. The predicted molar refractivity (Wildman–Crippen MR) is 88.5 cm³/mol. The topological polar surface area (TPSA) is 15.3 Å². The van der Waals surface area contributed by atoms with E-state index in [1.807, 2.05) is 6.08 Å². The average molecular weight is 280 g/mol. The van der Waals surface area contributed by atoms with Gasteiger partial charge in [0.1, 0.15) is 0 Å². The Morgan fingerprint density at radius 1 is 1.53 bits per heavy atom. The largest absolute Gasteiger partial charge is 0.295 e. The maximum atomic E-state index is 4.21. The molecule has 108 valence electrons. The molecule has 0 aromatic carbocycles. The minimum Gasteiger partial charge on any atom is -0.295 e. The number of thiol groups is 1. The fraction of sp³-hybridized carbons (Fsp3) is 0.625. The van der Waals surface area contributed by atoms with Crippen molar-refractivity contribution in [3.63, 3.8) is 0 Å². The fourth-order valence-corrected chi connectivity index (χ4v) is 3.21. The van der Waals surface area contributed by atoms with Crippen LogP contribution in [0.25, 0.3) is 0 Å². The maximum absolute atomic E-state index is 4.21. The fourth-order valence-electron chi connectivity index (χ4n) is 3.00. The molecule has 0 spiro atoms. The van der Waals surface area contributed by atoms with Crippen molar-refractivity contribution in [3.05, 3.63) is 36.0 Å². The second kappa shape index (κ2) is 8.62. The van der Waals surface area contributed by atoms with Crippen LogP contribution in [-0.2, 0) is 0 Å². The second-order valence-electron chi connectivity index (χ2n) is 5.06. The van der Waals surface area contributed by atoms with Crippen molar-refractivity contribution in [2.75, 3.05) is 13.1 Å². The first-order valence-corrected chi connectivity index (χ1v) is 7.78. The summed E-state index contributed by atoms with van der Waals surface area (Å²) in [6.45, 7) is 12.7. The summed E-state index contributed by atoms with van der Waals surface area (Å²) in [5.41, 5.74) is 2.87. The number of hydrogen-bond donors (Lipinski definition) is 2. The van der Waals surface area contributed by atoms with Crippen LogP contribution in [0.5, 0.6) is 0 Å². The van der Waals surface area contributed by atoms with Crippen LogP contribution in [0.2, 0.25) is 0 Å². The molecule has 0 radical (unpaired) electrons. The molecule has 1 aliphatic rings. The zero-order valence-corrected chi connectivity index (χ0v) is 13.4. The van der Waals surface area contributed by atoms with Crippen molar-refractivity contribution < 1.29 is 0 Å². The van der Waals surface area contributed by atoms with Crippen LogP contribution in [-0.4, -0.2) is 30.1 Å². The highest BCUT2D eigenvalue weighted by atomic mass is 32.1. The minimum absolute atomic E-state index is 0.517. The molecule has 0 aliphatic carbocycles. The molecule has 1 saturated heterocycles. The lowest BCUT2D eigenvalue weighted by Gasteiger charge is -2.30. The zero-order valence-electron chi connectivity index (χ0n) is 12.5. The average Bonchev–Trinajstić information content (AvgIpc) is 2.91. The van der Waals surface area contributed by atoms with Gasteiger partial charge in [-0.15, -0.1) is 0 Å². The molecule has 0 amide bonds. The molecule has 0 aromatic rings. The third-order valence-electron chi connectivity index (χ3n) is 3.97. The van der Waals surface area contributed by atoms with E-state index in [0.29, 0.717) is 12.1 Å². The predicted octanol–water partition coefficient (Wildman–Crippen LogP) is 3.74. The van der Waals surface area contributed by atoms with Gasteiger partial charge >= 0.3 is 0 Å². The summed E-state index contributed by atoms with van der Waals surface area (Å²) < 4.78 is 3.10. The van der Waals surface area contributed by atoms with E-state index < -0.39 is 0 Å². The van der Waals surface area contributed by atoms with Gasteiger partial charge < -0.3 is 0 Å². The van der Waals surface area contributed by atoms with Crippen molar-refractivity contribution in [2.45, 2.75) is 52.1 Å². The summed E-state index contributed by atoms with van der Waals surface area (Å²) >= 11 is 4.21. The number of hydrogen-bond acceptors (Lipinski definition) is 3. The van der Waals surface area contributed by atoms with Gasteiger partial charge in [0.15, 0.2) is 0 Å². The highest BCUT2D eigenvalue weighted by molar-refractivity contribution is 7.78. The van der Waals surface area contributed by atoms with Crippen molar-refractivity contribution in [1.82, 2.24) is 9.62 Å². The van der Waals surface area contributed by atoms with Crippen LogP contribution < -0.4 is 4.72 Å². The monoisotopic (exact) mass is 280 g/mol. The molecule has 1 N–H and O–H groups in total. The first-order valence-electron chi connectivity index (χ1n) is 7.33. The summed E-state index contributed by atoms with van der Waals surface area (Å²) in [6, 6.07) is 1.03. The molecule has 1 fully saturated rings. The molecule has 2 unspecified atom stereocenters. The summed E-state index contributed by atoms with van der Waals surface area (Å²) in [4.78, 5) is 2.58. The van der Waals surface area contributed by atoms with E-state index in [4.69, 9.17) is 0 Å². The summed E-state index contributed by atoms with van der Waals surface area (Å²) in [7, 11) is 0. The maximum Gasteiger partial charge on any atom is 0.0345 e. The first kappa shape index (κ1) is 16.5. The Balaban J connectivity index is 2.88.